The van der Waals surface area contributed by atoms with E-state index in [1.165, 1.54) is 0 Å². The van der Waals surface area contributed by atoms with Crippen molar-refractivity contribution in [2.24, 2.45) is 0 Å². The minimum Gasteiger partial charge on any atom is -0.294 e. The number of carbonyl (C=O) groups is 1. The summed E-state index contributed by atoms with van der Waals surface area (Å²) < 4.78 is 2.62. The van der Waals surface area contributed by atoms with Gasteiger partial charge >= 0.3 is 0 Å². The normalized spacial score (nSPS) is 10.6. The third-order valence-electron chi connectivity index (χ3n) is 1.93. The molecule has 2 heterocycles. The number of pyridine rings is 1. The van der Waals surface area contributed by atoms with Crippen molar-refractivity contribution in [3.05, 3.63) is 34.3 Å². The molecule has 0 aliphatic heterocycles. The standard InChI is InChI=1S/C9H7BrN2O/c1-6-7-3-2-4-8(10)12(7)9(5-13)11-6/h2-5H,1H3. The van der Waals surface area contributed by atoms with Crippen molar-refractivity contribution >= 4 is 27.7 Å². The summed E-state index contributed by atoms with van der Waals surface area (Å²) >= 11 is 3.37. The first-order valence-electron chi connectivity index (χ1n) is 3.83. The van der Waals surface area contributed by atoms with Gasteiger partial charge in [0, 0.05) is 0 Å². The molecular formula is C9H7BrN2O. The van der Waals surface area contributed by atoms with Crippen LogP contribution in [0.4, 0.5) is 0 Å². The lowest BCUT2D eigenvalue weighted by molar-refractivity contribution is 0.111. The molecule has 0 bridgehead atoms. The van der Waals surface area contributed by atoms with Gasteiger partial charge in [0.15, 0.2) is 12.1 Å². The van der Waals surface area contributed by atoms with Crippen LogP contribution in [-0.2, 0) is 0 Å². The molecule has 2 aromatic heterocycles. The first kappa shape index (κ1) is 8.44. The van der Waals surface area contributed by atoms with Crippen LogP contribution in [0.25, 0.3) is 5.52 Å². The molecule has 0 aliphatic carbocycles. The van der Waals surface area contributed by atoms with Crippen molar-refractivity contribution in [3.8, 4) is 0 Å². The number of hydrogen-bond acceptors (Lipinski definition) is 2. The van der Waals surface area contributed by atoms with Gasteiger partial charge in [0.05, 0.1) is 15.8 Å². The molecule has 0 atom stereocenters. The molecule has 0 unspecified atom stereocenters. The molecule has 0 saturated carbocycles. The summed E-state index contributed by atoms with van der Waals surface area (Å²) in [6.07, 6.45) is 0.755. The highest BCUT2D eigenvalue weighted by Crippen LogP contribution is 2.18. The number of aldehydes is 1. The Balaban J connectivity index is 2.96. The van der Waals surface area contributed by atoms with Crippen molar-refractivity contribution in [3.63, 3.8) is 0 Å². The molecule has 0 fully saturated rings. The monoisotopic (exact) mass is 238 g/mol. The SMILES string of the molecule is Cc1nc(C=O)n2c(Br)cccc12. The van der Waals surface area contributed by atoms with Crippen LogP contribution in [-0.4, -0.2) is 15.7 Å². The highest BCUT2D eigenvalue weighted by Gasteiger charge is 2.08. The lowest BCUT2D eigenvalue weighted by Crippen LogP contribution is -1.93. The largest absolute Gasteiger partial charge is 0.294 e. The Bertz CT molecular complexity index is 476. The van der Waals surface area contributed by atoms with Gasteiger partial charge in [0.25, 0.3) is 0 Å². The van der Waals surface area contributed by atoms with E-state index in [0.717, 1.165) is 22.1 Å². The van der Waals surface area contributed by atoms with E-state index in [2.05, 4.69) is 20.9 Å². The Morgan fingerprint density at radius 2 is 2.31 bits per heavy atom. The number of halogens is 1. The molecule has 13 heavy (non-hydrogen) atoms. The summed E-state index contributed by atoms with van der Waals surface area (Å²) in [7, 11) is 0. The molecule has 3 nitrogen and oxygen atoms in total. The Hall–Kier alpha value is -1.16. The van der Waals surface area contributed by atoms with Gasteiger partial charge in [-0.05, 0) is 35.0 Å². The summed E-state index contributed by atoms with van der Waals surface area (Å²) in [4.78, 5) is 14.8. The second-order valence-electron chi connectivity index (χ2n) is 2.74. The molecule has 0 amide bonds. The summed E-state index contributed by atoms with van der Waals surface area (Å²) in [5.41, 5.74) is 1.82. The fourth-order valence-corrected chi connectivity index (χ4v) is 1.88. The maximum atomic E-state index is 10.7. The Morgan fingerprint density at radius 1 is 1.54 bits per heavy atom. The number of rotatable bonds is 1. The summed E-state index contributed by atoms with van der Waals surface area (Å²) in [5, 5.41) is 0. The average Bonchev–Trinajstić information content (AvgIpc) is 2.45. The first-order chi connectivity index (χ1) is 6.24. The third-order valence-corrected chi connectivity index (χ3v) is 2.55. The van der Waals surface area contributed by atoms with Gasteiger partial charge < -0.3 is 0 Å². The number of imidazole rings is 1. The van der Waals surface area contributed by atoms with Gasteiger partial charge in [0.2, 0.25) is 0 Å². The zero-order valence-electron chi connectivity index (χ0n) is 6.99. The second-order valence-corrected chi connectivity index (χ2v) is 3.55. The quantitative estimate of drug-likeness (QED) is 0.564. The average molecular weight is 239 g/mol. The van der Waals surface area contributed by atoms with Gasteiger partial charge in [-0.25, -0.2) is 4.98 Å². The van der Waals surface area contributed by atoms with Crippen LogP contribution in [0.3, 0.4) is 0 Å². The zero-order valence-corrected chi connectivity index (χ0v) is 8.58. The molecule has 0 spiro atoms. The molecular weight excluding hydrogens is 232 g/mol. The first-order valence-corrected chi connectivity index (χ1v) is 4.62. The van der Waals surface area contributed by atoms with Crippen LogP contribution >= 0.6 is 15.9 Å². The minimum absolute atomic E-state index is 0.431. The fourth-order valence-electron chi connectivity index (χ4n) is 1.36. The number of aromatic nitrogens is 2. The lowest BCUT2D eigenvalue weighted by Gasteiger charge is -1.98. The molecule has 4 heteroatoms. The van der Waals surface area contributed by atoms with Crippen molar-refractivity contribution < 1.29 is 4.79 Å². The predicted molar refractivity (Wildman–Crippen MR) is 53.0 cm³/mol. The molecule has 66 valence electrons. The van der Waals surface area contributed by atoms with Gasteiger partial charge in [-0.3, -0.25) is 9.20 Å². The maximum Gasteiger partial charge on any atom is 0.185 e. The highest BCUT2D eigenvalue weighted by atomic mass is 79.9. The molecule has 0 aliphatic rings. The summed E-state index contributed by atoms with van der Waals surface area (Å²) in [6, 6.07) is 5.73. The minimum atomic E-state index is 0.431. The second kappa shape index (κ2) is 2.96. The van der Waals surface area contributed by atoms with Crippen LogP contribution < -0.4 is 0 Å². The van der Waals surface area contributed by atoms with Crippen molar-refractivity contribution in [2.75, 3.05) is 0 Å². The van der Waals surface area contributed by atoms with E-state index >= 15 is 0 Å². The van der Waals surface area contributed by atoms with E-state index in [-0.39, 0.29) is 0 Å². The Morgan fingerprint density at radius 3 is 3.00 bits per heavy atom. The van der Waals surface area contributed by atoms with E-state index < -0.39 is 0 Å². The van der Waals surface area contributed by atoms with Crippen molar-refractivity contribution in [2.45, 2.75) is 6.92 Å². The van der Waals surface area contributed by atoms with Crippen LogP contribution in [0.5, 0.6) is 0 Å². The number of nitrogens with zero attached hydrogens (tertiary/aromatic N) is 2. The Kier molecular flexibility index (Phi) is 1.92. The van der Waals surface area contributed by atoms with Crippen LogP contribution in [0, 0.1) is 6.92 Å². The number of aryl methyl sites for hydroxylation is 1. The van der Waals surface area contributed by atoms with E-state index in [4.69, 9.17) is 0 Å². The van der Waals surface area contributed by atoms with Crippen LogP contribution in [0.15, 0.2) is 22.8 Å². The van der Waals surface area contributed by atoms with Crippen molar-refractivity contribution in [1.82, 2.24) is 9.38 Å². The lowest BCUT2D eigenvalue weighted by atomic mass is 10.3. The smallest absolute Gasteiger partial charge is 0.185 e. The van der Waals surface area contributed by atoms with Gasteiger partial charge in [-0.15, -0.1) is 0 Å². The van der Waals surface area contributed by atoms with Crippen molar-refractivity contribution in [1.29, 1.82) is 0 Å². The molecule has 0 radical (unpaired) electrons. The fraction of sp³-hybridized carbons (Fsp3) is 0.111. The molecule has 0 aromatic carbocycles. The van der Waals surface area contributed by atoms with E-state index in [9.17, 15) is 4.79 Å². The van der Waals surface area contributed by atoms with Gasteiger partial charge in [-0.1, -0.05) is 6.07 Å². The summed E-state index contributed by atoms with van der Waals surface area (Å²) in [6.45, 7) is 1.88. The van der Waals surface area contributed by atoms with Crippen LogP contribution in [0.1, 0.15) is 16.3 Å². The third kappa shape index (κ3) is 1.18. The number of fused-ring (bicyclic) bond motifs is 1. The molecule has 2 aromatic rings. The topological polar surface area (TPSA) is 34.4 Å². The number of hydrogen-bond donors (Lipinski definition) is 0. The predicted octanol–water partition coefficient (Wildman–Crippen LogP) is 2.22. The molecule has 0 N–H and O–H groups in total. The van der Waals surface area contributed by atoms with Crippen LogP contribution in [0.2, 0.25) is 0 Å². The summed E-state index contributed by atoms with van der Waals surface area (Å²) in [5.74, 6) is 0.431. The zero-order chi connectivity index (χ0) is 9.42. The number of carbonyl (C=O) groups excluding carboxylic acids is 1. The molecule has 2 rings (SSSR count). The van der Waals surface area contributed by atoms with Gasteiger partial charge in [0.1, 0.15) is 0 Å². The van der Waals surface area contributed by atoms with E-state index in [0.29, 0.717) is 5.82 Å². The highest BCUT2D eigenvalue weighted by molar-refractivity contribution is 9.10. The van der Waals surface area contributed by atoms with Gasteiger partial charge in [-0.2, -0.15) is 0 Å². The maximum absolute atomic E-state index is 10.7. The Labute approximate surface area is 83.5 Å². The van der Waals surface area contributed by atoms with E-state index in [1.54, 1.807) is 4.40 Å². The van der Waals surface area contributed by atoms with E-state index in [1.807, 2.05) is 25.1 Å². The molecule has 0 saturated heterocycles.